The molecule has 3 rings (SSSR count). The van der Waals surface area contributed by atoms with Gasteiger partial charge in [0.1, 0.15) is 29.2 Å². The van der Waals surface area contributed by atoms with E-state index in [1.807, 2.05) is 31.2 Å². The Morgan fingerprint density at radius 1 is 1.29 bits per heavy atom. The third kappa shape index (κ3) is 3.55. The molecule has 1 aromatic carbocycles. The third-order valence-electron chi connectivity index (χ3n) is 3.48. The van der Waals surface area contributed by atoms with Gasteiger partial charge in [0.05, 0.1) is 11.4 Å². The Balaban J connectivity index is 1.68. The fourth-order valence-electron chi connectivity index (χ4n) is 2.28. The smallest absolute Gasteiger partial charge is 0.243 e. The van der Waals surface area contributed by atoms with Crippen molar-refractivity contribution in [2.45, 2.75) is 24.8 Å². The molecule has 0 amide bonds. The number of aryl methyl sites for hydroxylation is 1. The molecule has 3 aromatic rings. The van der Waals surface area contributed by atoms with E-state index in [1.54, 1.807) is 6.92 Å². The van der Waals surface area contributed by atoms with E-state index in [0.717, 1.165) is 5.56 Å². The molecule has 24 heavy (non-hydrogen) atoms. The summed E-state index contributed by atoms with van der Waals surface area (Å²) in [6.07, 6.45) is 4.25. The van der Waals surface area contributed by atoms with E-state index in [-0.39, 0.29) is 11.5 Å². The highest BCUT2D eigenvalue weighted by atomic mass is 32.2. The van der Waals surface area contributed by atoms with Crippen molar-refractivity contribution in [3.8, 4) is 5.75 Å². The van der Waals surface area contributed by atoms with Crippen LogP contribution in [-0.2, 0) is 10.0 Å². The van der Waals surface area contributed by atoms with Gasteiger partial charge in [-0.1, -0.05) is 17.7 Å². The van der Waals surface area contributed by atoms with E-state index in [2.05, 4.69) is 19.7 Å². The minimum absolute atomic E-state index is 0.125. The molecule has 0 radical (unpaired) electrons. The monoisotopic (exact) mass is 346 g/mol. The van der Waals surface area contributed by atoms with Crippen molar-refractivity contribution >= 4 is 21.1 Å². The molecule has 2 N–H and O–H groups in total. The molecule has 2 heterocycles. The highest BCUT2D eigenvalue weighted by Crippen LogP contribution is 2.20. The van der Waals surface area contributed by atoms with Gasteiger partial charge in [0.2, 0.25) is 10.0 Å². The number of hydrogen-bond donors (Lipinski definition) is 2. The molecule has 1 atom stereocenters. The molecule has 0 spiro atoms. The summed E-state index contributed by atoms with van der Waals surface area (Å²) in [5, 5.41) is 0.455. The molecule has 1 unspecified atom stereocenters. The van der Waals surface area contributed by atoms with E-state index in [4.69, 9.17) is 4.74 Å². The molecule has 0 bridgehead atoms. The van der Waals surface area contributed by atoms with Crippen LogP contribution in [0.4, 0.5) is 0 Å². The van der Waals surface area contributed by atoms with Crippen LogP contribution in [0, 0.1) is 6.92 Å². The molecule has 126 valence electrons. The Labute approximate surface area is 140 Å². The van der Waals surface area contributed by atoms with Crippen LogP contribution < -0.4 is 9.46 Å². The van der Waals surface area contributed by atoms with Crippen LogP contribution in [-0.4, -0.2) is 36.0 Å². The van der Waals surface area contributed by atoms with Gasteiger partial charge in [-0.05, 0) is 26.0 Å². The molecule has 8 heteroatoms. The number of aromatic amines is 1. The average molecular weight is 346 g/mol. The number of nitrogens with one attached hydrogen (secondary N) is 2. The molecule has 0 saturated carbocycles. The Kier molecular flexibility index (Phi) is 4.50. The second kappa shape index (κ2) is 6.58. The Morgan fingerprint density at radius 2 is 2.04 bits per heavy atom. The number of sulfonamides is 1. The highest BCUT2D eigenvalue weighted by molar-refractivity contribution is 7.89. The quantitative estimate of drug-likeness (QED) is 0.712. The molecule has 0 saturated heterocycles. The summed E-state index contributed by atoms with van der Waals surface area (Å²) in [6, 6.07) is 7.19. The van der Waals surface area contributed by atoms with Gasteiger partial charge in [0, 0.05) is 12.4 Å². The van der Waals surface area contributed by atoms with Gasteiger partial charge in [-0.15, -0.1) is 0 Å². The van der Waals surface area contributed by atoms with Crippen molar-refractivity contribution in [1.29, 1.82) is 0 Å². The molecular formula is C16H18N4O3S. The van der Waals surface area contributed by atoms with Gasteiger partial charge in [-0.3, -0.25) is 0 Å². The van der Waals surface area contributed by atoms with Gasteiger partial charge < -0.3 is 9.72 Å². The third-order valence-corrected chi connectivity index (χ3v) is 5.11. The summed E-state index contributed by atoms with van der Waals surface area (Å²) in [6.45, 7) is 3.96. The topological polar surface area (TPSA) is 97.0 Å². The van der Waals surface area contributed by atoms with Crippen LogP contribution in [0.3, 0.4) is 0 Å². The number of aromatic nitrogens is 3. The maximum absolute atomic E-state index is 12.5. The zero-order chi connectivity index (χ0) is 17.2. The second-order valence-corrected chi connectivity index (χ2v) is 7.27. The van der Waals surface area contributed by atoms with Crippen LogP contribution in [0.15, 0.2) is 47.9 Å². The van der Waals surface area contributed by atoms with Crippen LogP contribution in [0.2, 0.25) is 0 Å². The van der Waals surface area contributed by atoms with Crippen molar-refractivity contribution in [2.75, 3.05) is 6.61 Å². The fourth-order valence-corrected chi connectivity index (χ4v) is 3.65. The van der Waals surface area contributed by atoms with Crippen LogP contribution >= 0.6 is 0 Å². The molecular weight excluding hydrogens is 328 g/mol. The highest BCUT2D eigenvalue weighted by Gasteiger charge is 2.22. The van der Waals surface area contributed by atoms with Crippen molar-refractivity contribution in [1.82, 2.24) is 19.7 Å². The van der Waals surface area contributed by atoms with Crippen LogP contribution in [0.5, 0.6) is 5.75 Å². The first-order valence-corrected chi connectivity index (χ1v) is 8.93. The summed E-state index contributed by atoms with van der Waals surface area (Å²) in [5.41, 5.74) is 1.62. The maximum Gasteiger partial charge on any atom is 0.243 e. The van der Waals surface area contributed by atoms with E-state index < -0.39 is 16.1 Å². The first-order valence-electron chi connectivity index (χ1n) is 7.44. The SMILES string of the molecule is Cc1ccc(OCC(C)NS(=O)(=O)c2c[nH]c3ncncc23)cc1. The Morgan fingerprint density at radius 3 is 2.79 bits per heavy atom. The molecule has 2 aromatic heterocycles. The fraction of sp³-hybridized carbons (Fsp3) is 0.250. The zero-order valence-corrected chi connectivity index (χ0v) is 14.2. The second-order valence-electron chi connectivity index (χ2n) is 5.58. The minimum atomic E-state index is -3.70. The lowest BCUT2D eigenvalue weighted by Crippen LogP contribution is -2.36. The number of fused-ring (bicyclic) bond motifs is 1. The number of hydrogen-bond acceptors (Lipinski definition) is 5. The summed E-state index contributed by atoms with van der Waals surface area (Å²) >= 11 is 0. The molecule has 7 nitrogen and oxygen atoms in total. The molecule has 0 fully saturated rings. The van der Waals surface area contributed by atoms with E-state index in [1.165, 1.54) is 18.7 Å². The number of H-pyrrole nitrogens is 1. The lowest BCUT2D eigenvalue weighted by atomic mass is 10.2. The normalized spacial score (nSPS) is 13.1. The first kappa shape index (κ1) is 16.4. The Bertz CT molecular complexity index is 935. The van der Waals surface area contributed by atoms with Crippen molar-refractivity contribution in [3.63, 3.8) is 0 Å². The van der Waals surface area contributed by atoms with Gasteiger partial charge in [0.25, 0.3) is 0 Å². The number of nitrogens with zero attached hydrogens (tertiary/aromatic N) is 2. The molecule has 0 aliphatic carbocycles. The van der Waals surface area contributed by atoms with E-state index in [9.17, 15) is 8.42 Å². The average Bonchev–Trinajstić information content (AvgIpc) is 2.99. The number of rotatable bonds is 6. The van der Waals surface area contributed by atoms with Crippen molar-refractivity contribution < 1.29 is 13.2 Å². The predicted molar refractivity (Wildman–Crippen MR) is 90.3 cm³/mol. The summed E-state index contributed by atoms with van der Waals surface area (Å²) in [4.78, 5) is 10.8. The number of ether oxygens (including phenoxy) is 1. The van der Waals surface area contributed by atoms with Crippen molar-refractivity contribution in [3.05, 3.63) is 48.5 Å². The van der Waals surface area contributed by atoms with Crippen molar-refractivity contribution in [2.24, 2.45) is 0 Å². The standard InChI is InChI=1S/C16H18N4O3S/c1-11-3-5-13(6-4-11)23-9-12(2)20-24(21,22)15-8-18-16-14(15)7-17-10-19-16/h3-8,10,12,20H,9H2,1-2H3,(H,17,18,19). The van der Waals surface area contributed by atoms with E-state index in [0.29, 0.717) is 16.8 Å². The summed E-state index contributed by atoms with van der Waals surface area (Å²) in [7, 11) is -3.70. The lowest BCUT2D eigenvalue weighted by molar-refractivity contribution is 0.287. The summed E-state index contributed by atoms with van der Waals surface area (Å²) in [5.74, 6) is 0.701. The van der Waals surface area contributed by atoms with Crippen LogP contribution in [0.25, 0.3) is 11.0 Å². The first-order chi connectivity index (χ1) is 11.5. The van der Waals surface area contributed by atoms with Gasteiger partial charge in [-0.2, -0.15) is 0 Å². The Hall–Kier alpha value is -2.45. The van der Waals surface area contributed by atoms with Crippen LogP contribution in [0.1, 0.15) is 12.5 Å². The molecule has 0 aliphatic heterocycles. The largest absolute Gasteiger partial charge is 0.492 e. The van der Waals surface area contributed by atoms with Gasteiger partial charge in [0.15, 0.2) is 0 Å². The predicted octanol–water partition coefficient (Wildman–Crippen LogP) is 2.01. The zero-order valence-electron chi connectivity index (χ0n) is 13.4. The summed E-state index contributed by atoms with van der Waals surface area (Å²) < 4.78 is 33.3. The lowest BCUT2D eigenvalue weighted by Gasteiger charge is -2.15. The number of benzene rings is 1. The van der Waals surface area contributed by atoms with Gasteiger partial charge in [-0.25, -0.2) is 23.1 Å². The van der Waals surface area contributed by atoms with Gasteiger partial charge >= 0.3 is 0 Å². The maximum atomic E-state index is 12.5. The van der Waals surface area contributed by atoms with E-state index >= 15 is 0 Å². The minimum Gasteiger partial charge on any atom is -0.492 e. The molecule has 0 aliphatic rings.